The third-order valence-corrected chi connectivity index (χ3v) is 5.26. The van der Waals surface area contributed by atoms with Crippen LogP contribution in [0.3, 0.4) is 0 Å². The second kappa shape index (κ2) is 9.73. The van der Waals surface area contributed by atoms with Crippen molar-refractivity contribution < 1.29 is 9.53 Å². The second-order valence-electron chi connectivity index (χ2n) is 7.72. The standard InChI is InChI=1S/C22H32N4O2/c1-4-17-28-20-7-5-19(6-8-20)22(27)26-12-9-18(10-13-26)21-23-11-14-25(21)16-15-24(2)3/h5-8,11,14,18H,4,9-10,12-13,15-17H2,1-3H3. The fraction of sp³-hybridized carbons (Fsp3) is 0.545. The van der Waals surface area contributed by atoms with Crippen molar-refractivity contribution in [3.05, 3.63) is 48.0 Å². The lowest BCUT2D eigenvalue weighted by Crippen LogP contribution is -2.38. The summed E-state index contributed by atoms with van der Waals surface area (Å²) in [5.41, 5.74) is 0.731. The first-order valence-corrected chi connectivity index (χ1v) is 10.3. The van der Waals surface area contributed by atoms with Crippen molar-refractivity contribution in [2.45, 2.75) is 38.6 Å². The SMILES string of the molecule is CCCOc1ccc(C(=O)N2CCC(c3nccn3CCN(C)C)CC2)cc1. The maximum atomic E-state index is 12.8. The highest BCUT2D eigenvalue weighted by Crippen LogP contribution is 2.28. The average molecular weight is 385 g/mol. The molecule has 0 saturated carbocycles. The number of amides is 1. The summed E-state index contributed by atoms with van der Waals surface area (Å²) in [6.07, 6.45) is 6.86. The Morgan fingerprint density at radius 1 is 1.21 bits per heavy atom. The largest absolute Gasteiger partial charge is 0.494 e. The topological polar surface area (TPSA) is 50.6 Å². The molecule has 152 valence electrons. The third-order valence-electron chi connectivity index (χ3n) is 5.26. The Hall–Kier alpha value is -2.34. The van der Waals surface area contributed by atoms with E-state index in [4.69, 9.17) is 4.74 Å². The lowest BCUT2D eigenvalue weighted by molar-refractivity contribution is 0.0710. The van der Waals surface area contributed by atoms with Gasteiger partial charge >= 0.3 is 0 Å². The van der Waals surface area contributed by atoms with Gasteiger partial charge in [0.2, 0.25) is 0 Å². The Labute approximate surface area is 168 Å². The molecule has 0 bridgehead atoms. The number of imidazole rings is 1. The monoisotopic (exact) mass is 384 g/mol. The van der Waals surface area contributed by atoms with Gasteiger partial charge in [0.1, 0.15) is 11.6 Å². The maximum Gasteiger partial charge on any atom is 0.253 e. The van der Waals surface area contributed by atoms with Crippen LogP contribution in [-0.2, 0) is 6.54 Å². The number of carbonyl (C=O) groups is 1. The Bertz CT molecular complexity index is 746. The van der Waals surface area contributed by atoms with Gasteiger partial charge in [-0.2, -0.15) is 0 Å². The summed E-state index contributed by atoms with van der Waals surface area (Å²) in [7, 11) is 4.17. The highest BCUT2D eigenvalue weighted by atomic mass is 16.5. The third kappa shape index (κ3) is 5.13. The molecule has 1 aliphatic heterocycles. The molecule has 1 aliphatic rings. The zero-order chi connectivity index (χ0) is 19.9. The zero-order valence-electron chi connectivity index (χ0n) is 17.3. The average Bonchev–Trinajstić information content (AvgIpc) is 3.19. The molecule has 3 rings (SSSR count). The molecule has 2 aromatic rings. The molecule has 2 heterocycles. The minimum Gasteiger partial charge on any atom is -0.494 e. The minimum absolute atomic E-state index is 0.108. The van der Waals surface area contributed by atoms with Crippen LogP contribution in [0.2, 0.25) is 0 Å². The first-order chi connectivity index (χ1) is 13.6. The molecule has 0 aliphatic carbocycles. The number of aromatic nitrogens is 2. The maximum absolute atomic E-state index is 12.8. The fourth-order valence-electron chi connectivity index (χ4n) is 3.61. The van der Waals surface area contributed by atoms with Gasteiger partial charge in [-0.05, 0) is 57.6 Å². The minimum atomic E-state index is 0.108. The van der Waals surface area contributed by atoms with E-state index in [1.54, 1.807) is 0 Å². The van der Waals surface area contributed by atoms with Crippen molar-refractivity contribution in [1.29, 1.82) is 0 Å². The van der Waals surface area contributed by atoms with E-state index in [0.29, 0.717) is 12.5 Å². The molecule has 0 atom stereocenters. The second-order valence-corrected chi connectivity index (χ2v) is 7.72. The predicted octanol–water partition coefficient (Wildman–Crippen LogP) is 3.25. The summed E-state index contributed by atoms with van der Waals surface area (Å²) in [6, 6.07) is 7.51. The summed E-state index contributed by atoms with van der Waals surface area (Å²) >= 11 is 0. The number of hydrogen-bond donors (Lipinski definition) is 0. The number of hydrogen-bond acceptors (Lipinski definition) is 4. The molecule has 1 aromatic carbocycles. The van der Waals surface area contributed by atoms with Crippen molar-refractivity contribution in [2.75, 3.05) is 40.3 Å². The van der Waals surface area contributed by atoms with E-state index in [9.17, 15) is 4.79 Å². The van der Waals surface area contributed by atoms with Crippen LogP contribution in [0.4, 0.5) is 0 Å². The van der Waals surface area contributed by atoms with Gasteiger partial charge in [-0.25, -0.2) is 4.98 Å². The molecule has 1 saturated heterocycles. The number of benzene rings is 1. The molecule has 6 heteroatoms. The van der Waals surface area contributed by atoms with Crippen LogP contribution in [0, 0.1) is 0 Å². The molecule has 0 unspecified atom stereocenters. The molecule has 1 amide bonds. The number of carbonyl (C=O) groups excluding carboxylic acids is 1. The highest BCUT2D eigenvalue weighted by Gasteiger charge is 2.27. The van der Waals surface area contributed by atoms with Crippen LogP contribution in [0.1, 0.15) is 48.3 Å². The quantitative estimate of drug-likeness (QED) is 0.701. The van der Waals surface area contributed by atoms with Gasteiger partial charge in [0.15, 0.2) is 0 Å². The smallest absolute Gasteiger partial charge is 0.253 e. The fourth-order valence-corrected chi connectivity index (χ4v) is 3.61. The zero-order valence-corrected chi connectivity index (χ0v) is 17.3. The molecule has 28 heavy (non-hydrogen) atoms. The van der Waals surface area contributed by atoms with Gasteiger partial charge < -0.3 is 19.1 Å². The lowest BCUT2D eigenvalue weighted by Gasteiger charge is -2.32. The van der Waals surface area contributed by atoms with Crippen LogP contribution >= 0.6 is 0 Å². The van der Waals surface area contributed by atoms with Crippen molar-refractivity contribution in [3.8, 4) is 5.75 Å². The van der Waals surface area contributed by atoms with Gasteiger partial charge in [-0.3, -0.25) is 4.79 Å². The normalized spacial score (nSPS) is 15.2. The van der Waals surface area contributed by atoms with E-state index in [1.165, 1.54) is 0 Å². The predicted molar refractivity (Wildman–Crippen MR) is 111 cm³/mol. The first kappa shape index (κ1) is 20.4. The number of piperidine rings is 1. The van der Waals surface area contributed by atoms with Crippen molar-refractivity contribution in [3.63, 3.8) is 0 Å². The van der Waals surface area contributed by atoms with E-state index in [0.717, 1.165) is 62.6 Å². The summed E-state index contributed by atoms with van der Waals surface area (Å²) in [4.78, 5) is 21.6. The Balaban J connectivity index is 1.55. The number of nitrogens with zero attached hydrogens (tertiary/aromatic N) is 4. The summed E-state index contributed by atoms with van der Waals surface area (Å²) in [5, 5.41) is 0. The van der Waals surface area contributed by atoms with Crippen LogP contribution in [-0.4, -0.2) is 65.6 Å². The Morgan fingerprint density at radius 3 is 2.57 bits per heavy atom. The van der Waals surface area contributed by atoms with Crippen LogP contribution in [0.5, 0.6) is 5.75 Å². The van der Waals surface area contributed by atoms with Crippen molar-refractivity contribution >= 4 is 5.91 Å². The van der Waals surface area contributed by atoms with E-state index in [1.807, 2.05) is 35.4 Å². The first-order valence-electron chi connectivity index (χ1n) is 10.3. The van der Waals surface area contributed by atoms with E-state index in [2.05, 4.69) is 41.7 Å². The van der Waals surface area contributed by atoms with Gasteiger partial charge in [-0.1, -0.05) is 6.92 Å². The highest BCUT2D eigenvalue weighted by molar-refractivity contribution is 5.94. The van der Waals surface area contributed by atoms with Gasteiger partial charge in [0.05, 0.1) is 6.61 Å². The van der Waals surface area contributed by atoms with Crippen molar-refractivity contribution in [2.24, 2.45) is 0 Å². The van der Waals surface area contributed by atoms with E-state index >= 15 is 0 Å². The van der Waals surface area contributed by atoms with Crippen LogP contribution < -0.4 is 4.74 Å². The Morgan fingerprint density at radius 2 is 1.93 bits per heavy atom. The number of likely N-dealkylation sites (tertiary alicyclic amines) is 1. The van der Waals surface area contributed by atoms with Gasteiger partial charge in [-0.15, -0.1) is 0 Å². The summed E-state index contributed by atoms with van der Waals surface area (Å²) in [6.45, 7) is 6.28. The molecule has 0 N–H and O–H groups in total. The summed E-state index contributed by atoms with van der Waals surface area (Å²) in [5.74, 6) is 2.51. The number of ether oxygens (including phenoxy) is 1. The van der Waals surface area contributed by atoms with Gasteiger partial charge in [0, 0.05) is 50.1 Å². The molecule has 1 aromatic heterocycles. The number of rotatable bonds is 8. The molecule has 0 radical (unpaired) electrons. The van der Waals surface area contributed by atoms with E-state index in [-0.39, 0.29) is 5.91 Å². The molecule has 6 nitrogen and oxygen atoms in total. The van der Waals surface area contributed by atoms with Crippen molar-refractivity contribution in [1.82, 2.24) is 19.4 Å². The van der Waals surface area contributed by atoms with Crippen LogP contribution in [0.15, 0.2) is 36.7 Å². The summed E-state index contributed by atoms with van der Waals surface area (Å²) < 4.78 is 7.86. The van der Waals surface area contributed by atoms with Gasteiger partial charge in [0.25, 0.3) is 5.91 Å². The van der Waals surface area contributed by atoms with Crippen LogP contribution in [0.25, 0.3) is 0 Å². The lowest BCUT2D eigenvalue weighted by atomic mass is 9.95. The molecule has 0 spiro atoms. The molecular formula is C22H32N4O2. The number of likely N-dealkylation sites (N-methyl/N-ethyl adjacent to an activating group) is 1. The molecule has 1 fully saturated rings. The Kier molecular flexibility index (Phi) is 7.09. The molecular weight excluding hydrogens is 352 g/mol. The van der Waals surface area contributed by atoms with E-state index < -0.39 is 0 Å².